The topological polar surface area (TPSA) is 39.2 Å². The standard InChI is InChI=1S/C11H12FNO/c1-7-2-3-9(12)11-10(7)8(4-5-13)6-14-11/h2-3,6H,4-5,13H2,1H3. The van der Waals surface area contributed by atoms with Crippen LogP contribution in [-0.4, -0.2) is 6.54 Å². The first-order chi connectivity index (χ1) is 6.74. The number of benzene rings is 1. The quantitative estimate of drug-likeness (QED) is 0.795. The van der Waals surface area contributed by atoms with Crippen LogP contribution in [0.4, 0.5) is 4.39 Å². The highest BCUT2D eigenvalue weighted by Crippen LogP contribution is 2.27. The molecule has 0 fully saturated rings. The summed E-state index contributed by atoms with van der Waals surface area (Å²) in [4.78, 5) is 0. The van der Waals surface area contributed by atoms with E-state index in [1.807, 2.05) is 6.92 Å². The molecular weight excluding hydrogens is 181 g/mol. The molecule has 0 amide bonds. The molecule has 2 rings (SSSR count). The number of halogens is 1. The molecule has 0 bridgehead atoms. The predicted molar refractivity (Wildman–Crippen MR) is 53.7 cm³/mol. The lowest BCUT2D eigenvalue weighted by Gasteiger charge is -1.99. The maximum Gasteiger partial charge on any atom is 0.170 e. The second-order valence-corrected chi connectivity index (χ2v) is 3.37. The smallest absolute Gasteiger partial charge is 0.170 e. The van der Waals surface area contributed by atoms with Crippen molar-refractivity contribution >= 4 is 11.0 Å². The average Bonchev–Trinajstić information content (AvgIpc) is 2.58. The maximum absolute atomic E-state index is 13.3. The minimum absolute atomic E-state index is 0.311. The molecule has 0 unspecified atom stereocenters. The fourth-order valence-electron chi connectivity index (χ4n) is 1.70. The summed E-state index contributed by atoms with van der Waals surface area (Å²) < 4.78 is 18.5. The van der Waals surface area contributed by atoms with E-state index in [2.05, 4.69) is 0 Å². The van der Waals surface area contributed by atoms with Crippen LogP contribution < -0.4 is 5.73 Å². The first-order valence-corrected chi connectivity index (χ1v) is 4.59. The Hall–Kier alpha value is -1.35. The van der Waals surface area contributed by atoms with Gasteiger partial charge in [0.15, 0.2) is 11.4 Å². The Balaban J connectivity index is 2.70. The molecule has 2 N–H and O–H groups in total. The zero-order chi connectivity index (χ0) is 10.1. The van der Waals surface area contributed by atoms with Crippen LogP contribution >= 0.6 is 0 Å². The second kappa shape index (κ2) is 3.42. The highest BCUT2D eigenvalue weighted by molar-refractivity contribution is 5.85. The molecule has 1 aromatic heterocycles. The Bertz CT molecular complexity index is 462. The Morgan fingerprint density at radius 2 is 2.21 bits per heavy atom. The molecule has 0 spiro atoms. The summed E-state index contributed by atoms with van der Waals surface area (Å²) in [7, 11) is 0. The third-order valence-electron chi connectivity index (χ3n) is 2.37. The molecule has 0 radical (unpaired) electrons. The van der Waals surface area contributed by atoms with Crippen molar-refractivity contribution in [1.29, 1.82) is 0 Å². The highest BCUT2D eigenvalue weighted by Gasteiger charge is 2.11. The Morgan fingerprint density at radius 3 is 2.93 bits per heavy atom. The summed E-state index contributed by atoms with van der Waals surface area (Å²) in [6, 6.07) is 3.18. The summed E-state index contributed by atoms with van der Waals surface area (Å²) in [5.41, 5.74) is 7.82. The molecule has 2 aromatic rings. The number of hydrogen-bond acceptors (Lipinski definition) is 2. The zero-order valence-corrected chi connectivity index (χ0v) is 8.01. The van der Waals surface area contributed by atoms with Gasteiger partial charge >= 0.3 is 0 Å². The summed E-state index contributed by atoms with van der Waals surface area (Å²) in [6.45, 7) is 2.49. The fraction of sp³-hybridized carbons (Fsp3) is 0.273. The van der Waals surface area contributed by atoms with Crippen LogP contribution in [0.3, 0.4) is 0 Å². The van der Waals surface area contributed by atoms with Gasteiger partial charge in [-0.3, -0.25) is 0 Å². The number of furan rings is 1. The van der Waals surface area contributed by atoms with E-state index in [1.54, 1.807) is 12.3 Å². The largest absolute Gasteiger partial charge is 0.461 e. The van der Waals surface area contributed by atoms with Crippen LogP contribution in [0.2, 0.25) is 0 Å². The molecule has 0 aliphatic rings. The number of aryl methyl sites for hydroxylation is 1. The molecule has 74 valence electrons. The van der Waals surface area contributed by atoms with Crippen LogP contribution in [0.1, 0.15) is 11.1 Å². The predicted octanol–water partition coefficient (Wildman–Crippen LogP) is 2.38. The Kier molecular flexibility index (Phi) is 2.25. The van der Waals surface area contributed by atoms with Gasteiger partial charge in [-0.1, -0.05) is 6.07 Å². The minimum atomic E-state index is -0.311. The summed E-state index contributed by atoms with van der Waals surface area (Å²) in [5.74, 6) is -0.311. The van der Waals surface area contributed by atoms with Crippen molar-refractivity contribution in [2.75, 3.05) is 6.54 Å². The van der Waals surface area contributed by atoms with Crippen molar-refractivity contribution in [2.45, 2.75) is 13.3 Å². The van der Waals surface area contributed by atoms with Gasteiger partial charge in [0.2, 0.25) is 0 Å². The van der Waals surface area contributed by atoms with E-state index >= 15 is 0 Å². The van der Waals surface area contributed by atoms with Crippen molar-refractivity contribution in [3.05, 3.63) is 35.3 Å². The fourth-order valence-corrected chi connectivity index (χ4v) is 1.70. The maximum atomic E-state index is 13.3. The van der Waals surface area contributed by atoms with Crippen LogP contribution in [0, 0.1) is 12.7 Å². The SMILES string of the molecule is Cc1ccc(F)c2occ(CCN)c12. The van der Waals surface area contributed by atoms with E-state index < -0.39 is 0 Å². The summed E-state index contributed by atoms with van der Waals surface area (Å²) in [5, 5.41) is 0.871. The molecule has 0 saturated heterocycles. The van der Waals surface area contributed by atoms with Crippen molar-refractivity contribution < 1.29 is 8.81 Å². The molecule has 0 aliphatic carbocycles. The molecule has 0 atom stereocenters. The lowest BCUT2D eigenvalue weighted by Crippen LogP contribution is -2.02. The molecule has 3 heteroatoms. The third-order valence-corrected chi connectivity index (χ3v) is 2.37. The number of nitrogens with two attached hydrogens (primary N) is 1. The van der Waals surface area contributed by atoms with Crippen molar-refractivity contribution in [1.82, 2.24) is 0 Å². The molecule has 1 heterocycles. The summed E-state index contributed by atoms with van der Waals surface area (Å²) in [6.07, 6.45) is 2.31. The van der Waals surface area contributed by atoms with Crippen LogP contribution in [0.25, 0.3) is 11.0 Å². The number of hydrogen-bond donors (Lipinski definition) is 1. The van der Waals surface area contributed by atoms with Crippen molar-refractivity contribution in [3.8, 4) is 0 Å². The van der Waals surface area contributed by atoms with Gasteiger partial charge in [-0.15, -0.1) is 0 Å². The van der Waals surface area contributed by atoms with Gasteiger partial charge in [-0.05, 0) is 37.1 Å². The van der Waals surface area contributed by atoms with Crippen molar-refractivity contribution in [2.24, 2.45) is 5.73 Å². The van der Waals surface area contributed by atoms with Gasteiger partial charge in [0.05, 0.1) is 6.26 Å². The van der Waals surface area contributed by atoms with Gasteiger partial charge in [0, 0.05) is 5.39 Å². The van der Waals surface area contributed by atoms with Gasteiger partial charge in [-0.25, -0.2) is 4.39 Å². The molecule has 0 aliphatic heterocycles. The first-order valence-electron chi connectivity index (χ1n) is 4.59. The van der Waals surface area contributed by atoms with E-state index in [0.29, 0.717) is 12.1 Å². The molecular formula is C11H12FNO. The number of rotatable bonds is 2. The van der Waals surface area contributed by atoms with Gasteiger partial charge in [0.25, 0.3) is 0 Å². The van der Waals surface area contributed by atoms with Gasteiger partial charge in [0.1, 0.15) is 0 Å². The van der Waals surface area contributed by atoms with Crippen molar-refractivity contribution in [3.63, 3.8) is 0 Å². The van der Waals surface area contributed by atoms with Crippen LogP contribution in [0.5, 0.6) is 0 Å². The molecule has 2 nitrogen and oxygen atoms in total. The van der Waals surface area contributed by atoms with E-state index in [9.17, 15) is 4.39 Å². The van der Waals surface area contributed by atoms with Gasteiger partial charge < -0.3 is 10.2 Å². The lowest BCUT2D eigenvalue weighted by molar-refractivity contribution is 0.558. The first kappa shape index (κ1) is 9.21. The summed E-state index contributed by atoms with van der Waals surface area (Å²) >= 11 is 0. The van der Waals surface area contributed by atoms with E-state index in [4.69, 9.17) is 10.2 Å². The van der Waals surface area contributed by atoms with E-state index in [1.165, 1.54) is 6.07 Å². The highest BCUT2D eigenvalue weighted by atomic mass is 19.1. The van der Waals surface area contributed by atoms with Crippen LogP contribution in [-0.2, 0) is 6.42 Å². The molecule has 14 heavy (non-hydrogen) atoms. The lowest BCUT2D eigenvalue weighted by atomic mass is 10.1. The Labute approximate surface area is 81.5 Å². The minimum Gasteiger partial charge on any atom is -0.461 e. The normalized spacial score (nSPS) is 11.1. The van der Waals surface area contributed by atoms with E-state index in [-0.39, 0.29) is 5.82 Å². The second-order valence-electron chi connectivity index (χ2n) is 3.37. The third kappa shape index (κ3) is 1.30. The van der Waals surface area contributed by atoms with Crippen LogP contribution in [0.15, 0.2) is 22.8 Å². The van der Waals surface area contributed by atoms with E-state index in [0.717, 1.165) is 22.9 Å². The average molecular weight is 193 g/mol. The zero-order valence-electron chi connectivity index (χ0n) is 8.01. The molecule has 1 aromatic carbocycles. The molecule has 0 saturated carbocycles. The number of fused-ring (bicyclic) bond motifs is 1. The Morgan fingerprint density at radius 1 is 1.43 bits per heavy atom. The van der Waals surface area contributed by atoms with Gasteiger partial charge in [-0.2, -0.15) is 0 Å². The monoisotopic (exact) mass is 193 g/mol.